The lowest BCUT2D eigenvalue weighted by atomic mass is 9.95. The average molecular weight is 272 g/mol. The van der Waals surface area contributed by atoms with E-state index in [0.29, 0.717) is 11.5 Å². The highest BCUT2D eigenvalue weighted by Crippen LogP contribution is 2.31. The maximum absolute atomic E-state index is 12.3. The van der Waals surface area contributed by atoms with Crippen molar-refractivity contribution < 1.29 is 4.79 Å². The zero-order valence-electron chi connectivity index (χ0n) is 10.7. The number of carbonyl (C=O) groups excluding carboxylic acids is 1. The first-order valence-corrected chi connectivity index (χ1v) is 7.45. The third-order valence-corrected chi connectivity index (χ3v) is 4.67. The van der Waals surface area contributed by atoms with E-state index < -0.39 is 0 Å². The predicted octanol–water partition coefficient (Wildman–Crippen LogP) is 3.16. The van der Waals surface area contributed by atoms with E-state index in [1.54, 1.807) is 12.4 Å². The maximum atomic E-state index is 12.3. The van der Waals surface area contributed by atoms with Crippen molar-refractivity contribution in [3.63, 3.8) is 0 Å². The van der Waals surface area contributed by atoms with E-state index in [2.05, 4.69) is 22.5 Å². The van der Waals surface area contributed by atoms with Crippen molar-refractivity contribution >= 4 is 17.2 Å². The van der Waals surface area contributed by atoms with Gasteiger partial charge < -0.3 is 4.90 Å². The molecule has 98 valence electrons. The summed E-state index contributed by atoms with van der Waals surface area (Å²) in [6.07, 6.45) is 5.46. The van der Waals surface area contributed by atoms with Crippen LogP contribution in [0.15, 0.2) is 42.0 Å². The molecule has 0 aromatic carbocycles. The molecule has 0 saturated carbocycles. The van der Waals surface area contributed by atoms with Gasteiger partial charge in [0.25, 0.3) is 5.91 Å². The van der Waals surface area contributed by atoms with Crippen LogP contribution in [0, 0.1) is 0 Å². The molecule has 0 atom stereocenters. The van der Waals surface area contributed by atoms with Crippen molar-refractivity contribution in [2.75, 3.05) is 13.1 Å². The maximum Gasteiger partial charge on any atom is 0.255 e. The first-order valence-electron chi connectivity index (χ1n) is 6.57. The number of aromatic nitrogens is 1. The molecule has 1 fully saturated rings. The fraction of sp³-hybridized carbons (Fsp3) is 0.333. The van der Waals surface area contributed by atoms with Gasteiger partial charge in [0.1, 0.15) is 0 Å². The number of thiophene rings is 1. The van der Waals surface area contributed by atoms with Crippen molar-refractivity contribution in [1.82, 2.24) is 9.88 Å². The Morgan fingerprint density at radius 1 is 1.26 bits per heavy atom. The van der Waals surface area contributed by atoms with Crippen molar-refractivity contribution in [3.8, 4) is 0 Å². The zero-order chi connectivity index (χ0) is 13.1. The first-order chi connectivity index (χ1) is 9.34. The lowest BCUT2D eigenvalue weighted by Crippen LogP contribution is -2.37. The molecular formula is C15H16N2OS. The van der Waals surface area contributed by atoms with Gasteiger partial charge in [0.2, 0.25) is 0 Å². The number of likely N-dealkylation sites (tertiary alicyclic amines) is 1. The monoisotopic (exact) mass is 272 g/mol. The van der Waals surface area contributed by atoms with E-state index in [4.69, 9.17) is 0 Å². The quantitative estimate of drug-likeness (QED) is 0.841. The topological polar surface area (TPSA) is 33.2 Å². The first kappa shape index (κ1) is 12.4. The molecule has 0 spiro atoms. The van der Waals surface area contributed by atoms with Crippen LogP contribution in [-0.4, -0.2) is 28.9 Å². The summed E-state index contributed by atoms with van der Waals surface area (Å²) in [5, 5.41) is 2.13. The number of rotatable bonds is 2. The van der Waals surface area contributed by atoms with Crippen LogP contribution in [0.5, 0.6) is 0 Å². The fourth-order valence-electron chi connectivity index (χ4n) is 2.56. The Hall–Kier alpha value is -1.68. The summed E-state index contributed by atoms with van der Waals surface area (Å²) in [7, 11) is 0. The molecule has 0 unspecified atom stereocenters. The highest BCUT2D eigenvalue weighted by atomic mass is 32.1. The molecule has 1 aliphatic heterocycles. The van der Waals surface area contributed by atoms with Crippen molar-refractivity contribution in [3.05, 3.63) is 52.5 Å². The second-order valence-corrected chi connectivity index (χ2v) is 5.80. The Labute approximate surface area is 116 Å². The van der Waals surface area contributed by atoms with Crippen LogP contribution in [-0.2, 0) is 0 Å². The Kier molecular flexibility index (Phi) is 3.60. The summed E-state index contributed by atoms with van der Waals surface area (Å²) in [6.45, 7) is 1.69. The molecule has 0 radical (unpaired) electrons. The molecule has 19 heavy (non-hydrogen) atoms. The van der Waals surface area contributed by atoms with E-state index in [1.165, 1.54) is 4.88 Å². The summed E-state index contributed by atoms with van der Waals surface area (Å²) < 4.78 is 0. The van der Waals surface area contributed by atoms with Crippen molar-refractivity contribution in [2.24, 2.45) is 0 Å². The van der Waals surface area contributed by atoms with Crippen molar-refractivity contribution in [2.45, 2.75) is 18.8 Å². The SMILES string of the molecule is O=C(c1cccnc1)N1CCC(c2cccs2)CC1. The smallest absolute Gasteiger partial charge is 0.255 e. The number of hydrogen-bond acceptors (Lipinski definition) is 3. The van der Waals surface area contributed by atoms with Gasteiger partial charge in [-0.1, -0.05) is 6.07 Å². The van der Waals surface area contributed by atoms with E-state index >= 15 is 0 Å². The molecule has 0 bridgehead atoms. The fourth-order valence-corrected chi connectivity index (χ4v) is 3.46. The molecular weight excluding hydrogens is 256 g/mol. The molecule has 3 heterocycles. The van der Waals surface area contributed by atoms with E-state index in [-0.39, 0.29) is 5.91 Å². The van der Waals surface area contributed by atoms with Gasteiger partial charge in [-0.2, -0.15) is 0 Å². The number of carbonyl (C=O) groups is 1. The summed E-state index contributed by atoms with van der Waals surface area (Å²) in [6, 6.07) is 7.95. The summed E-state index contributed by atoms with van der Waals surface area (Å²) in [5.74, 6) is 0.732. The number of pyridine rings is 1. The summed E-state index contributed by atoms with van der Waals surface area (Å²) >= 11 is 1.82. The molecule has 2 aromatic heterocycles. The highest BCUT2D eigenvalue weighted by molar-refractivity contribution is 7.10. The molecule has 3 nitrogen and oxygen atoms in total. The van der Waals surface area contributed by atoms with Crippen LogP contribution in [0.4, 0.5) is 0 Å². The zero-order valence-corrected chi connectivity index (χ0v) is 11.5. The number of hydrogen-bond donors (Lipinski definition) is 0. The lowest BCUT2D eigenvalue weighted by Gasteiger charge is -2.31. The second kappa shape index (κ2) is 5.53. The van der Waals surface area contributed by atoms with Crippen LogP contribution >= 0.6 is 11.3 Å². The second-order valence-electron chi connectivity index (χ2n) is 4.82. The number of piperidine rings is 1. The summed E-state index contributed by atoms with van der Waals surface area (Å²) in [5.41, 5.74) is 0.692. The minimum Gasteiger partial charge on any atom is -0.339 e. The minimum absolute atomic E-state index is 0.109. The van der Waals surface area contributed by atoms with Gasteiger partial charge >= 0.3 is 0 Å². The number of amides is 1. The minimum atomic E-state index is 0.109. The van der Waals surface area contributed by atoms with E-state index in [9.17, 15) is 4.79 Å². The molecule has 4 heteroatoms. The Morgan fingerprint density at radius 3 is 2.74 bits per heavy atom. The molecule has 1 amide bonds. The van der Waals surface area contributed by atoms with Gasteiger partial charge in [-0.15, -0.1) is 11.3 Å². The standard InChI is InChI=1S/C15H16N2OS/c18-15(13-3-1-7-16-11-13)17-8-5-12(6-9-17)14-4-2-10-19-14/h1-4,7,10-12H,5-6,8-9H2. The Bertz CT molecular complexity index is 531. The largest absolute Gasteiger partial charge is 0.339 e. The van der Waals surface area contributed by atoms with Gasteiger partial charge in [-0.3, -0.25) is 9.78 Å². The van der Waals surface area contributed by atoms with Crippen LogP contribution in [0.1, 0.15) is 34.0 Å². The Balaban J connectivity index is 1.63. The lowest BCUT2D eigenvalue weighted by molar-refractivity contribution is 0.0713. The van der Waals surface area contributed by atoms with Gasteiger partial charge in [0, 0.05) is 30.4 Å². The molecule has 1 saturated heterocycles. The van der Waals surface area contributed by atoms with Gasteiger partial charge in [0.15, 0.2) is 0 Å². The average Bonchev–Trinajstić information content (AvgIpc) is 3.02. The molecule has 3 rings (SSSR count). The molecule has 1 aliphatic rings. The van der Waals surface area contributed by atoms with Crippen LogP contribution in [0.25, 0.3) is 0 Å². The normalized spacial score (nSPS) is 16.5. The van der Waals surface area contributed by atoms with Crippen LogP contribution < -0.4 is 0 Å². The van der Waals surface area contributed by atoms with Gasteiger partial charge in [-0.05, 0) is 42.3 Å². The highest BCUT2D eigenvalue weighted by Gasteiger charge is 2.24. The van der Waals surface area contributed by atoms with Gasteiger partial charge in [0.05, 0.1) is 5.56 Å². The Morgan fingerprint density at radius 2 is 2.11 bits per heavy atom. The third-order valence-electron chi connectivity index (χ3n) is 3.64. The van der Waals surface area contributed by atoms with Crippen LogP contribution in [0.3, 0.4) is 0 Å². The van der Waals surface area contributed by atoms with E-state index in [0.717, 1.165) is 25.9 Å². The van der Waals surface area contributed by atoms with E-state index in [1.807, 2.05) is 28.4 Å². The summed E-state index contributed by atoms with van der Waals surface area (Å²) in [4.78, 5) is 19.7. The van der Waals surface area contributed by atoms with Gasteiger partial charge in [-0.25, -0.2) is 0 Å². The molecule has 0 aliphatic carbocycles. The molecule has 2 aromatic rings. The predicted molar refractivity (Wildman–Crippen MR) is 76.4 cm³/mol. The number of nitrogens with zero attached hydrogens (tertiary/aromatic N) is 2. The third kappa shape index (κ3) is 2.68. The van der Waals surface area contributed by atoms with Crippen LogP contribution in [0.2, 0.25) is 0 Å². The van der Waals surface area contributed by atoms with Crippen molar-refractivity contribution in [1.29, 1.82) is 0 Å². The molecule has 0 N–H and O–H groups in total.